The molecule has 1 aliphatic rings. The molecule has 7 nitrogen and oxygen atoms in total. The van der Waals surface area contributed by atoms with Gasteiger partial charge in [0.2, 0.25) is 0 Å². The number of aromatic nitrogens is 2. The highest BCUT2D eigenvalue weighted by molar-refractivity contribution is 6.30. The molecule has 1 saturated heterocycles. The summed E-state index contributed by atoms with van der Waals surface area (Å²) in [5.41, 5.74) is 5.28. The topological polar surface area (TPSA) is 103 Å². The molecule has 0 spiro atoms. The molecule has 2 atom stereocenters. The van der Waals surface area contributed by atoms with E-state index in [2.05, 4.69) is 15.5 Å². The summed E-state index contributed by atoms with van der Waals surface area (Å²) in [6, 6.07) is 6.74. The van der Waals surface area contributed by atoms with Crippen LogP contribution in [-0.4, -0.2) is 28.7 Å². The Bertz CT molecular complexity index is 762. The van der Waals surface area contributed by atoms with Crippen LogP contribution < -0.4 is 11.1 Å². The summed E-state index contributed by atoms with van der Waals surface area (Å²) in [5, 5.41) is 7.41. The number of hydrogen-bond acceptors (Lipinski definition) is 6. The van der Waals surface area contributed by atoms with Crippen molar-refractivity contribution in [1.82, 2.24) is 15.5 Å². The van der Waals surface area contributed by atoms with Gasteiger partial charge < -0.3 is 20.3 Å². The number of nitrogens with two attached hydrogens (primary N) is 1. The van der Waals surface area contributed by atoms with E-state index in [9.17, 15) is 4.79 Å². The van der Waals surface area contributed by atoms with Crippen molar-refractivity contribution >= 4 is 17.5 Å². The fourth-order valence-corrected chi connectivity index (χ4v) is 2.91. The molecular weight excluding hydrogens is 344 g/mol. The lowest BCUT2D eigenvalue weighted by atomic mass is 10.0. The van der Waals surface area contributed by atoms with Crippen LogP contribution in [-0.2, 0) is 10.3 Å². The lowest BCUT2D eigenvalue weighted by molar-refractivity contribution is 0.0307. The van der Waals surface area contributed by atoms with E-state index in [1.54, 1.807) is 24.3 Å². The predicted octanol–water partition coefficient (Wildman–Crippen LogP) is 2.57. The maximum atomic E-state index is 12.4. The van der Waals surface area contributed by atoms with Crippen molar-refractivity contribution in [2.45, 2.75) is 44.4 Å². The second kappa shape index (κ2) is 7.11. The summed E-state index contributed by atoms with van der Waals surface area (Å²) < 4.78 is 11.1. The van der Waals surface area contributed by atoms with Crippen LogP contribution in [0.1, 0.15) is 54.9 Å². The first-order valence-corrected chi connectivity index (χ1v) is 8.54. The molecule has 1 aromatic heterocycles. The number of amides is 1. The van der Waals surface area contributed by atoms with Crippen LogP contribution in [0.4, 0.5) is 0 Å². The molecule has 1 amide bonds. The zero-order chi connectivity index (χ0) is 18.0. The van der Waals surface area contributed by atoms with E-state index >= 15 is 0 Å². The van der Waals surface area contributed by atoms with Gasteiger partial charge in [-0.2, -0.15) is 4.98 Å². The summed E-state index contributed by atoms with van der Waals surface area (Å²) in [6.45, 7) is 4.09. The molecule has 2 aromatic rings. The highest BCUT2D eigenvalue weighted by Crippen LogP contribution is 2.32. The van der Waals surface area contributed by atoms with E-state index in [-0.39, 0.29) is 18.1 Å². The van der Waals surface area contributed by atoms with E-state index in [0.29, 0.717) is 28.8 Å². The Morgan fingerprint density at radius 3 is 2.92 bits per heavy atom. The van der Waals surface area contributed by atoms with Crippen molar-refractivity contribution in [2.24, 2.45) is 5.73 Å². The standard InChI is InChI=1S/C17H21ClN4O3/c1-17(2,21-14(23)10-4-3-5-11(18)8-10)16-20-15(25-22-16)13-7-6-12(9-19)24-13/h3-5,8,12-13H,6-7,9,19H2,1-2H3,(H,21,23)/t12-,13+/m1/s1. The SMILES string of the molecule is CC(C)(NC(=O)c1cccc(Cl)c1)c1noc([C@@H]2CC[C@H](CN)O2)n1. The number of hydrogen-bond donors (Lipinski definition) is 2. The quantitative estimate of drug-likeness (QED) is 0.845. The number of halogens is 1. The summed E-state index contributed by atoms with van der Waals surface area (Å²) in [4.78, 5) is 16.8. The Morgan fingerprint density at radius 2 is 2.24 bits per heavy atom. The maximum absolute atomic E-state index is 12.4. The third-order valence-electron chi connectivity index (χ3n) is 4.16. The van der Waals surface area contributed by atoms with Crippen LogP contribution in [0.2, 0.25) is 5.02 Å². The van der Waals surface area contributed by atoms with Crippen molar-refractivity contribution in [1.29, 1.82) is 0 Å². The van der Waals surface area contributed by atoms with Gasteiger partial charge in [0.1, 0.15) is 6.10 Å². The van der Waals surface area contributed by atoms with E-state index in [1.807, 2.05) is 13.8 Å². The molecule has 134 valence electrons. The second-order valence-electron chi connectivity index (χ2n) is 6.61. The molecular formula is C17H21ClN4O3. The van der Waals surface area contributed by atoms with E-state index in [0.717, 1.165) is 12.8 Å². The van der Waals surface area contributed by atoms with Gasteiger partial charge in [0.05, 0.1) is 11.6 Å². The first kappa shape index (κ1) is 17.8. The smallest absolute Gasteiger partial charge is 0.255 e. The van der Waals surface area contributed by atoms with Gasteiger partial charge in [0.15, 0.2) is 5.82 Å². The molecule has 3 N–H and O–H groups in total. The molecule has 25 heavy (non-hydrogen) atoms. The first-order chi connectivity index (χ1) is 11.9. The Kier molecular flexibility index (Phi) is 5.08. The predicted molar refractivity (Wildman–Crippen MR) is 92.1 cm³/mol. The van der Waals surface area contributed by atoms with E-state index in [1.165, 1.54) is 0 Å². The fraction of sp³-hybridized carbons (Fsp3) is 0.471. The Labute approximate surface area is 150 Å². The number of benzene rings is 1. The van der Waals surface area contributed by atoms with Gasteiger partial charge >= 0.3 is 0 Å². The minimum Gasteiger partial charge on any atom is -0.364 e. The van der Waals surface area contributed by atoms with Crippen molar-refractivity contribution in [2.75, 3.05) is 6.54 Å². The molecule has 0 aliphatic carbocycles. The van der Waals surface area contributed by atoms with Crippen LogP contribution >= 0.6 is 11.6 Å². The van der Waals surface area contributed by atoms with Crippen molar-refractivity contribution < 1.29 is 14.1 Å². The van der Waals surface area contributed by atoms with Crippen LogP contribution in [0.3, 0.4) is 0 Å². The van der Waals surface area contributed by atoms with Gasteiger partial charge in [-0.05, 0) is 44.9 Å². The molecule has 8 heteroatoms. The van der Waals surface area contributed by atoms with Crippen LogP contribution in [0.25, 0.3) is 0 Å². The number of rotatable bonds is 5. The number of nitrogens with one attached hydrogen (secondary N) is 1. The van der Waals surface area contributed by atoms with Crippen LogP contribution in [0, 0.1) is 0 Å². The highest BCUT2D eigenvalue weighted by Gasteiger charge is 2.34. The first-order valence-electron chi connectivity index (χ1n) is 8.17. The summed E-state index contributed by atoms with van der Waals surface area (Å²) in [5.74, 6) is 0.535. The van der Waals surface area contributed by atoms with Gasteiger partial charge in [-0.15, -0.1) is 0 Å². The van der Waals surface area contributed by atoms with Gasteiger partial charge in [0, 0.05) is 17.1 Å². The number of nitrogens with zero attached hydrogens (tertiary/aromatic N) is 2. The largest absolute Gasteiger partial charge is 0.364 e. The Morgan fingerprint density at radius 1 is 1.44 bits per heavy atom. The van der Waals surface area contributed by atoms with Crippen molar-refractivity contribution in [3.63, 3.8) is 0 Å². The molecule has 0 bridgehead atoms. The van der Waals surface area contributed by atoms with Crippen LogP contribution in [0.5, 0.6) is 0 Å². The lowest BCUT2D eigenvalue weighted by Crippen LogP contribution is -2.41. The zero-order valence-electron chi connectivity index (χ0n) is 14.2. The van der Waals surface area contributed by atoms with E-state index < -0.39 is 5.54 Å². The molecule has 1 aliphatic heterocycles. The summed E-state index contributed by atoms with van der Waals surface area (Å²) >= 11 is 5.93. The molecule has 2 heterocycles. The average molecular weight is 365 g/mol. The van der Waals surface area contributed by atoms with Crippen LogP contribution in [0.15, 0.2) is 28.8 Å². The molecule has 1 fully saturated rings. The molecule has 0 unspecified atom stereocenters. The van der Waals surface area contributed by atoms with E-state index in [4.69, 9.17) is 26.6 Å². The van der Waals surface area contributed by atoms with Crippen molar-refractivity contribution in [3.05, 3.63) is 46.6 Å². The number of ether oxygens (including phenoxy) is 1. The summed E-state index contributed by atoms with van der Waals surface area (Å²) in [7, 11) is 0. The minimum absolute atomic E-state index is 0.0240. The highest BCUT2D eigenvalue weighted by atomic mass is 35.5. The van der Waals surface area contributed by atoms with Gasteiger partial charge in [-0.25, -0.2) is 0 Å². The molecule has 3 rings (SSSR count). The monoisotopic (exact) mass is 364 g/mol. The number of carbonyl (C=O) groups excluding carboxylic acids is 1. The van der Waals surface area contributed by atoms with Gasteiger partial charge in [0.25, 0.3) is 11.8 Å². The zero-order valence-corrected chi connectivity index (χ0v) is 14.9. The average Bonchev–Trinajstić information content (AvgIpc) is 3.23. The minimum atomic E-state index is -0.812. The summed E-state index contributed by atoms with van der Waals surface area (Å²) in [6.07, 6.45) is 1.44. The Hall–Kier alpha value is -1.96. The molecule has 1 aromatic carbocycles. The third kappa shape index (κ3) is 4.00. The Balaban J connectivity index is 1.71. The second-order valence-corrected chi connectivity index (χ2v) is 7.04. The maximum Gasteiger partial charge on any atom is 0.255 e. The van der Waals surface area contributed by atoms with Gasteiger partial charge in [-0.1, -0.05) is 22.8 Å². The van der Waals surface area contributed by atoms with Gasteiger partial charge in [-0.3, -0.25) is 4.79 Å². The van der Waals surface area contributed by atoms with Crippen molar-refractivity contribution in [3.8, 4) is 0 Å². The normalized spacial score (nSPS) is 20.6. The molecule has 0 saturated carbocycles. The number of carbonyl (C=O) groups is 1. The third-order valence-corrected chi connectivity index (χ3v) is 4.39. The fourth-order valence-electron chi connectivity index (χ4n) is 2.72. The lowest BCUT2D eigenvalue weighted by Gasteiger charge is -2.22. The molecule has 0 radical (unpaired) electrons.